The summed E-state index contributed by atoms with van der Waals surface area (Å²) in [6.45, 7) is 0. The van der Waals surface area contributed by atoms with Crippen molar-refractivity contribution in [3.63, 3.8) is 0 Å². The summed E-state index contributed by atoms with van der Waals surface area (Å²) in [5, 5.41) is 11.4. The summed E-state index contributed by atoms with van der Waals surface area (Å²) in [7, 11) is 1.65. The number of aliphatic hydroxyl groups is 1. The predicted molar refractivity (Wildman–Crippen MR) is 43.9 cm³/mol. The molecule has 0 radical (unpaired) electrons. The van der Waals surface area contributed by atoms with Crippen molar-refractivity contribution in [1.82, 2.24) is 10.3 Å². The zero-order chi connectivity index (χ0) is 8.97. The number of nitrogens with zero attached hydrogens (tertiary/aromatic N) is 1. The summed E-state index contributed by atoms with van der Waals surface area (Å²) >= 11 is 0. The van der Waals surface area contributed by atoms with Gasteiger partial charge >= 0.3 is 0 Å². The third kappa shape index (κ3) is 1.72. The van der Waals surface area contributed by atoms with E-state index in [1.807, 2.05) is 0 Å². The third-order valence-corrected chi connectivity index (χ3v) is 1.40. The molecule has 1 heterocycles. The Morgan fingerprint density at radius 2 is 2.42 bits per heavy atom. The summed E-state index contributed by atoms with van der Waals surface area (Å²) in [5.41, 5.74) is 0.955. The van der Waals surface area contributed by atoms with Gasteiger partial charge in [0.25, 0.3) is 0 Å². The van der Waals surface area contributed by atoms with E-state index < -0.39 is 5.82 Å². The monoisotopic (exact) mass is 168 g/mol. The summed E-state index contributed by atoms with van der Waals surface area (Å²) in [6, 6.07) is 2.76. The van der Waals surface area contributed by atoms with E-state index in [4.69, 9.17) is 5.11 Å². The maximum Gasteiger partial charge on any atom is 0.141 e. The van der Waals surface area contributed by atoms with Crippen molar-refractivity contribution in [2.75, 3.05) is 7.05 Å². The van der Waals surface area contributed by atoms with Crippen LogP contribution < -0.4 is 5.32 Å². The van der Waals surface area contributed by atoms with Gasteiger partial charge in [-0.3, -0.25) is 4.98 Å². The maximum absolute atomic E-state index is 12.4. The van der Waals surface area contributed by atoms with E-state index in [9.17, 15) is 4.39 Å². The van der Waals surface area contributed by atoms with Crippen molar-refractivity contribution in [2.24, 2.45) is 0 Å². The van der Waals surface area contributed by atoms with E-state index >= 15 is 0 Å². The highest BCUT2D eigenvalue weighted by Crippen LogP contribution is 2.06. The molecule has 0 spiro atoms. The first-order valence-electron chi connectivity index (χ1n) is 3.42. The normalized spacial score (nSPS) is 11.3. The Labute approximate surface area is 69.6 Å². The van der Waals surface area contributed by atoms with Crippen molar-refractivity contribution in [1.29, 1.82) is 0 Å². The molecule has 0 saturated heterocycles. The number of halogens is 1. The smallest absolute Gasteiger partial charge is 0.141 e. The lowest BCUT2D eigenvalue weighted by atomic mass is 10.3. The van der Waals surface area contributed by atoms with Crippen LogP contribution in [0.2, 0.25) is 0 Å². The van der Waals surface area contributed by atoms with Gasteiger partial charge in [-0.2, -0.15) is 0 Å². The highest BCUT2D eigenvalue weighted by Gasteiger charge is 1.99. The number of aliphatic hydroxyl groups excluding tert-OH is 1. The Morgan fingerprint density at radius 1 is 1.67 bits per heavy atom. The van der Waals surface area contributed by atoms with E-state index in [0.717, 1.165) is 12.5 Å². The third-order valence-electron chi connectivity index (χ3n) is 1.40. The molecule has 0 saturated carbocycles. The van der Waals surface area contributed by atoms with Gasteiger partial charge in [0.05, 0.1) is 17.6 Å². The van der Waals surface area contributed by atoms with Gasteiger partial charge in [0.1, 0.15) is 12.1 Å². The van der Waals surface area contributed by atoms with Crippen LogP contribution >= 0.6 is 0 Å². The van der Waals surface area contributed by atoms with Crippen LogP contribution in [0.25, 0.3) is 5.70 Å². The standard InChI is InChI=1S/C8H9FN2O/c1-10-8(5-12)7-3-2-6(9)4-11-7/h2-5,10,12H,1H3/b8-5-. The van der Waals surface area contributed by atoms with Crippen LogP contribution in [-0.4, -0.2) is 17.1 Å². The van der Waals surface area contributed by atoms with Crippen molar-refractivity contribution in [3.05, 3.63) is 36.1 Å². The molecule has 64 valence electrons. The van der Waals surface area contributed by atoms with Crippen LogP contribution in [0.1, 0.15) is 5.69 Å². The minimum atomic E-state index is -0.396. The molecule has 0 aliphatic carbocycles. The SMILES string of the molecule is CN/C(=C\O)c1ccc(F)cn1. The van der Waals surface area contributed by atoms with Gasteiger partial charge in [-0.1, -0.05) is 0 Å². The number of hydrogen-bond acceptors (Lipinski definition) is 3. The van der Waals surface area contributed by atoms with Crippen LogP contribution in [0.3, 0.4) is 0 Å². The summed E-state index contributed by atoms with van der Waals surface area (Å²) in [4.78, 5) is 3.75. The number of aromatic nitrogens is 1. The van der Waals surface area contributed by atoms with Crippen molar-refractivity contribution in [2.45, 2.75) is 0 Å². The average Bonchev–Trinajstić information content (AvgIpc) is 2.10. The molecular formula is C8H9FN2O. The highest BCUT2D eigenvalue weighted by atomic mass is 19.1. The Kier molecular flexibility index (Phi) is 2.63. The largest absolute Gasteiger partial charge is 0.513 e. The fraction of sp³-hybridized carbons (Fsp3) is 0.125. The molecule has 0 aliphatic rings. The second kappa shape index (κ2) is 3.71. The highest BCUT2D eigenvalue weighted by molar-refractivity contribution is 5.58. The molecule has 0 aliphatic heterocycles. The fourth-order valence-electron chi connectivity index (χ4n) is 0.794. The lowest BCUT2D eigenvalue weighted by molar-refractivity contribution is 0.473. The Balaban J connectivity index is 2.96. The van der Waals surface area contributed by atoms with Crippen LogP contribution in [0.4, 0.5) is 4.39 Å². The topological polar surface area (TPSA) is 45.1 Å². The minimum absolute atomic E-state index is 0.396. The van der Waals surface area contributed by atoms with Crippen molar-refractivity contribution < 1.29 is 9.50 Å². The number of hydrogen-bond donors (Lipinski definition) is 2. The zero-order valence-corrected chi connectivity index (χ0v) is 6.58. The van der Waals surface area contributed by atoms with Crippen LogP contribution in [0.5, 0.6) is 0 Å². The number of rotatable bonds is 2. The summed E-state index contributed by atoms with van der Waals surface area (Å²) < 4.78 is 12.4. The molecule has 3 nitrogen and oxygen atoms in total. The van der Waals surface area contributed by atoms with E-state index in [2.05, 4.69) is 10.3 Å². The van der Waals surface area contributed by atoms with Crippen molar-refractivity contribution >= 4 is 5.70 Å². The molecule has 0 aromatic carbocycles. The van der Waals surface area contributed by atoms with Gasteiger partial charge in [0.15, 0.2) is 0 Å². The van der Waals surface area contributed by atoms with E-state index in [1.165, 1.54) is 12.1 Å². The van der Waals surface area contributed by atoms with Gasteiger partial charge in [-0.05, 0) is 12.1 Å². The lowest BCUT2D eigenvalue weighted by Gasteiger charge is -2.02. The van der Waals surface area contributed by atoms with Crippen LogP contribution in [-0.2, 0) is 0 Å². The molecule has 0 amide bonds. The Bertz CT molecular complexity index is 282. The maximum atomic E-state index is 12.4. The lowest BCUT2D eigenvalue weighted by Crippen LogP contribution is -2.06. The molecule has 0 bridgehead atoms. The molecule has 12 heavy (non-hydrogen) atoms. The summed E-state index contributed by atoms with van der Waals surface area (Å²) in [5.74, 6) is -0.396. The number of nitrogens with one attached hydrogen (secondary N) is 1. The Hall–Kier alpha value is -1.58. The first-order valence-corrected chi connectivity index (χ1v) is 3.42. The van der Waals surface area contributed by atoms with E-state index in [-0.39, 0.29) is 0 Å². The molecule has 2 N–H and O–H groups in total. The quantitative estimate of drug-likeness (QED) is 0.654. The first kappa shape index (κ1) is 8.52. The van der Waals surface area contributed by atoms with Crippen LogP contribution in [0, 0.1) is 5.82 Å². The first-order chi connectivity index (χ1) is 5.77. The Morgan fingerprint density at radius 3 is 2.83 bits per heavy atom. The van der Waals surface area contributed by atoms with Gasteiger partial charge in [-0.15, -0.1) is 0 Å². The van der Waals surface area contributed by atoms with Crippen molar-refractivity contribution in [3.8, 4) is 0 Å². The molecule has 0 fully saturated rings. The molecule has 0 atom stereocenters. The second-order valence-electron chi connectivity index (χ2n) is 2.15. The van der Waals surface area contributed by atoms with Gasteiger partial charge < -0.3 is 10.4 Å². The van der Waals surface area contributed by atoms with Gasteiger partial charge in [-0.25, -0.2) is 4.39 Å². The summed E-state index contributed by atoms with van der Waals surface area (Å²) in [6.07, 6.45) is 1.98. The predicted octanol–water partition coefficient (Wildman–Crippen LogP) is 1.30. The average molecular weight is 168 g/mol. The van der Waals surface area contributed by atoms with E-state index in [1.54, 1.807) is 7.05 Å². The molecule has 4 heteroatoms. The zero-order valence-electron chi connectivity index (χ0n) is 6.58. The van der Waals surface area contributed by atoms with Crippen LogP contribution in [0.15, 0.2) is 24.6 Å². The molecule has 1 aromatic heterocycles. The second-order valence-corrected chi connectivity index (χ2v) is 2.15. The van der Waals surface area contributed by atoms with Gasteiger partial charge in [0, 0.05) is 7.05 Å². The molecule has 1 rings (SSSR count). The van der Waals surface area contributed by atoms with Gasteiger partial charge in [0.2, 0.25) is 0 Å². The molecule has 0 unspecified atom stereocenters. The molecular weight excluding hydrogens is 159 g/mol. The van der Waals surface area contributed by atoms with E-state index in [0.29, 0.717) is 11.4 Å². The fourth-order valence-corrected chi connectivity index (χ4v) is 0.794. The molecule has 1 aromatic rings. The number of pyridine rings is 1. The minimum Gasteiger partial charge on any atom is -0.513 e.